The molecule has 1 heterocycles. The highest BCUT2D eigenvalue weighted by molar-refractivity contribution is 7.89. The average Bonchev–Trinajstić information content (AvgIpc) is 2.40. The van der Waals surface area contributed by atoms with E-state index in [1.54, 1.807) is 0 Å². The van der Waals surface area contributed by atoms with E-state index < -0.39 is 16.1 Å². The number of carbonyl (C=O) groups excluding carboxylic acids is 1. The molecule has 0 bridgehead atoms. The lowest BCUT2D eigenvalue weighted by atomic mass is 9.75. The molecule has 2 rings (SSSR count). The summed E-state index contributed by atoms with van der Waals surface area (Å²) in [7, 11) is -3.61. The van der Waals surface area contributed by atoms with E-state index in [9.17, 15) is 13.2 Å². The van der Waals surface area contributed by atoms with Crippen LogP contribution in [-0.2, 0) is 19.6 Å². The molecule has 3 atom stereocenters. The summed E-state index contributed by atoms with van der Waals surface area (Å²) in [6, 6.07) is 0. The molecule has 1 saturated heterocycles. The molecule has 2 N–H and O–H groups in total. The first-order chi connectivity index (χ1) is 8.31. The van der Waals surface area contributed by atoms with E-state index >= 15 is 0 Å². The Morgan fingerprint density at radius 1 is 1.39 bits per heavy atom. The summed E-state index contributed by atoms with van der Waals surface area (Å²) in [5.41, 5.74) is -0.297. The molecule has 0 radical (unpaired) electrons. The van der Waals surface area contributed by atoms with Gasteiger partial charge in [0.2, 0.25) is 10.0 Å². The second kappa shape index (κ2) is 4.81. The van der Waals surface area contributed by atoms with Gasteiger partial charge in [0.05, 0.1) is 6.42 Å². The monoisotopic (exact) mass is 275 g/mol. The molecule has 18 heavy (non-hydrogen) atoms. The van der Waals surface area contributed by atoms with E-state index in [4.69, 9.17) is 9.88 Å². The molecule has 1 spiro atoms. The lowest BCUT2D eigenvalue weighted by Gasteiger charge is -2.31. The zero-order chi connectivity index (χ0) is 13.4. The maximum atomic E-state index is 11.5. The van der Waals surface area contributed by atoms with Gasteiger partial charge in [-0.1, -0.05) is 26.2 Å². The van der Waals surface area contributed by atoms with Crippen molar-refractivity contribution in [2.24, 2.45) is 16.5 Å². The van der Waals surface area contributed by atoms with Gasteiger partial charge >= 0.3 is 5.97 Å². The number of carbonyl (C=O) groups is 1. The third-order valence-corrected chi connectivity index (χ3v) is 5.11. The summed E-state index contributed by atoms with van der Waals surface area (Å²) in [4.78, 5) is 11.5. The molecule has 1 aliphatic heterocycles. The van der Waals surface area contributed by atoms with Crippen LogP contribution in [-0.4, -0.2) is 26.2 Å². The largest absolute Gasteiger partial charge is 0.461 e. The standard InChI is InChI=1S/C12H21NO4S/c1-9-3-2-5-12(6-4-9)7-11(14)17-10(12)8-18(13,15)16/h9-10H,2-8H2,1H3,(H2,13,15,16). The molecule has 104 valence electrons. The quantitative estimate of drug-likeness (QED) is 0.767. The van der Waals surface area contributed by atoms with Crippen molar-refractivity contribution >= 4 is 16.0 Å². The highest BCUT2D eigenvalue weighted by atomic mass is 32.2. The van der Waals surface area contributed by atoms with Gasteiger partial charge in [-0.3, -0.25) is 4.79 Å². The van der Waals surface area contributed by atoms with E-state index in [0.717, 1.165) is 32.1 Å². The van der Waals surface area contributed by atoms with Crippen molar-refractivity contribution in [2.45, 2.75) is 51.6 Å². The molecular weight excluding hydrogens is 254 g/mol. The Morgan fingerprint density at radius 2 is 2.11 bits per heavy atom. The van der Waals surface area contributed by atoms with Crippen LogP contribution in [0.3, 0.4) is 0 Å². The summed E-state index contributed by atoms with van der Waals surface area (Å²) in [6.07, 6.45) is 4.71. The fourth-order valence-corrected chi connectivity index (χ4v) is 4.10. The number of esters is 1. The second-order valence-electron chi connectivity index (χ2n) is 5.88. The van der Waals surface area contributed by atoms with Crippen molar-refractivity contribution in [3.05, 3.63) is 0 Å². The molecule has 6 heteroatoms. The fourth-order valence-electron chi connectivity index (χ4n) is 3.25. The lowest BCUT2D eigenvalue weighted by molar-refractivity contribution is -0.141. The SMILES string of the molecule is CC1CCCC2(CC1)CC(=O)OC2CS(N)(=O)=O. The Morgan fingerprint density at radius 3 is 2.78 bits per heavy atom. The molecule has 2 fully saturated rings. The van der Waals surface area contributed by atoms with Crippen LogP contribution in [0.1, 0.15) is 45.4 Å². The van der Waals surface area contributed by atoms with Crippen molar-refractivity contribution in [1.29, 1.82) is 0 Å². The second-order valence-corrected chi connectivity index (χ2v) is 7.54. The smallest absolute Gasteiger partial charge is 0.306 e. The van der Waals surface area contributed by atoms with Crippen LogP contribution in [0.25, 0.3) is 0 Å². The number of cyclic esters (lactones) is 1. The Labute approximate surface area is 108 Å². The van der Waals surface area contributed by atoms with Gasteiger partial charge in [-0.2, -0.15) is 0 Å². The van der Waals surface area contributed by atoms with Crippen LogP contribution >= 0.6 is 0 Å². The third kappa shape index (κ3) is 3.03. The van der Waals surface area contributed by atoms with E-state index in [2.05, 4.69) is 6.92 Å². The van der Waals surface area contributed by atoms with Gasteiger partial charge in [-0.25, -0.2) is 13.6 Å². The summed E-state index contributed by atoms with van der Waals surface area (Å²) >= 11 is 0. The number of hydrogen-bond donors (Lipinski definition) is 1. The molecule has 0 aromatic carbocycles. The number of nitrogens with two attached hydrogens (primary N) is 1. The minimum atomic E-state index is -3.61. The first-order valence-electron chi connectivity index (χ1n) is 6.51. The Bertz CT molecular complexity index is 433. The summed E-state index contributed by atoms with van der Waals surface area (Å²) in [6.45, 7) is 2.20. The number of sulfonamides is 1. The highest BCUT2D eigenvalue weighted by Gasteiger charge is 2.50. The van der Waals surface area contributed by atoms with E-state index in [-0.39, 0.29) is 17.1 Å². The van der Waals surface area contributed by atoms with Crippen molar-refractivity contribution < 1.29 is 17.9 Å². The zero-order valence-electron chi connectivity index (χ0n) is 10.7. The van der Waals surface area contributed by atoms with Gasteiger partial charge in [0.1, 0.15) is 11.9 Å². The maximum Gasteiger partial charge on any atom is 0.306 e. The van der Waals surface area contributed by atoms with Crippen molar-refractivity contribution in [2.75, 3.05) is 5.75 Å². The van der Waals surface area contributed by atoms with Crippen LogP contribution in [0.15, 0.2) is 0 Å². The van der Waals surface area contributed by atoms with Gasteiger partial charge in [0.25, 0.3) is 0 Å². The normalized spacial score (nSPS) is 37.6. The molecule has 3 unspecified atom stereocenters. The number of rotatable bonds is 2. The van der Waals surface area contributed by atoms with Gasteiger partial charge in [-0.05, 0) is 18.8 Å². The Kier molecular flexibility index (Phi) is 3.69. The first kappa shape index (κ1) is 13.8. The van der Waals surface area contributed by atoms with E-state index in [0.29, 0.717) is 12.3 Å². The first-order valence-corrected chi connectivity index (χ1v) is 8.22. The zero-order valence-corrected chi connectivity index (χ0v) is 11.5. The van der Waals surface area contributed by atoms with Gasteiger partial charge in [0, 0.05) is 5.41 Å². The molecule has 1 aliphatic carbocycles. The van der Waals surface area contributed by atoms with Crippen LogP contribution in [0.5, 0.6) is 0 Å². The number of ether oxygens (including phenoxy) is 1. The third-order valence-electron chi connectivity index (χ3n) is 4.34. The average molecular weight is 275 g/mol. The maximum absolute atomic E-state index is 11.5. The molecule has 5 nitrogen and oxygen atoms in total. The molecule has 0 aromatic rings. The van der Waals surface area contributed by atoms with Crippen LogP contribution in [0.2, 0.25) is 0 Å². The van der Waals surface area contributed by atoms with Crippen LogP contribution in [0, 0.1) is 11.3 Å². The predicted octanol–water partition coefficient (Wildman–Crippen LogP) is 1.18. The lowest BCUT2D eigenvalue weighted by Crippen LogP contribution is -2.38. The number of hydrogen-bond acceptors (Lipinski definition) is 4. The van der Waals surface area contributed by atoms with Gasteiger partial charge in [-0.15, -0.1) is 0 Å². The summed E-state index contributed by atoms with van der Waals surface area (Å²) in [5, 5.41) is 5.10. The van der Waals surface area contributed by atoms with E-state index in [1.165, 1.54) is 0 Å². The summed E-state index contributed by atoms with van der Waals surface area (Å²) < 4.78 is 27.7. The van der Waals surface area contributed by atoms with Crippen molar-refractivity contribution in [3.8, 4) is 0 Å². The van der Waals surface area contributed by atoms with Crippen molar-refractivity contribution in [3.63, 3.8) is 0 Å². The highest BCUT2D eigenvalue weighted by Crippen LogP contribution is 2.47. The minimum Gasteiger partial charge on any atom is -0.461 e. The molecule has 0 aromatic heterocycles. The van der Waals surface area contributed by atoms with Crippen LogP contribution < -0.4 is 5.14 Å². The minimum absolute atomic E-state index is 0.243. The topological polar surface area (TPSA) is 86.5 Å². The number of primary sulfonamides is 1. The fraction of sp³-hybridized carbons (Fsp3) is 0.917. The van der Waals surface area contributed by atoms with Crippen molar-refractivity contribution in [1.82, 2.24) is 0 Å². The van der Waals surface area contributed by atoms with Gasteiger partial charge in [0.15, 0.2) is 0 Å². The van der Waals surface area contributed by atoms with Gasteiger partial charge < -0.3 is 4.74 Å². The molecular formula is C12H21NO4S. The molecule has 0 amide bonds. The Balaban J connectivity index is 2.19. The Hall–Kier alpha value is -0.620. The molecule has 2 aliphatic rings. The van der Waals surface area contributed by atoms with E-state index in [1.807, 2.05) is 0 Å². The van der Waals surface area contributed by atoms with Crippen LogP contribution in [0.4, 0.5) is 0 Å². The summed E-state index contributed by atoms with van der Waals surface area (Å²) in [5.74, 6) is 0.112. The molecule has 1 saturated carbocycles. The predicted molar refractivity (Wildman–Crippen MR) is 67.2 cm³/mol.